The van der Waals surface area contributed by atoms with Gasteiger partial charge in [-0.2, -0.15) is 0 Å². The lowest BCUT2D eigenvalue weighted by Gasteiger charge is -2.16. The maximum Gasteiger partial charge on any atom is 0.225 e. The maximum atomic E-state index is 12.4. The van der Waals surface area contributed by atoms with E-state index in [0.29, 0.717) is 11.8 Å². The summed E-state index contributed by atoms with van der Waals surface area (Å²) in [7, 11) is 0. The Morgan fingerprint density at radius 2 is 1.36 bits per heavy atom. The fourth-order valence-corrected chi connectivity index (χ4v) is 3.55. The monoisotopic (exact) mass is 309 g/mol. The quantitative estimate of drug-likeness (QED) is 0.363. The van der Waals surface area contributed by atoms with E-state index in [-0.39, 0.29) is 0 Å². The summed E-state index contributed by atoms with van der Waals surface area (Å²) in [5.41, 5.74) is 0. The smallest absolute Gasteiger partial charge is 0.225 e. The lowest BCUT2D eigenvalue weighted by molar-refractivity contribution is -0.131. The molecule has 0 aliphatic carbocycles. The minimum Gasteiger partial charge on any atom is -0.342 e. The molecule has 1 rings (SSSR count). The van der Waals surface area contributed by atoms with Crippen LogP contribution in [0.5, 0.6) is 0 Å². The molecule has 0 N–H and O–H groups in total. The Morgan fingerprint density at radius 3 is 2.00 bits per heavy atom. The van der Waals surface area contributed by atoms with Gasteiger partial charge in [0.05, 0.1) is 0 Å². The van der Waals surface area contributed by atoms with Gasteiger partial charge in [0, 0.05) is 19.0 Å². The van der Waals surface area contributed by atoms with Crippen molar-refractivity contribution in [2.75, 3.05) is 13.1 Å². The molecule has 2 heteroatoms. The van der Waals surface area contributed by atoms with Crippen molar-refractivity contribution in [3.8, 4) is 0 Å². The fraction of sp³-hybridized carbons (Fsp3) is 0.950. The van der Waals surface area contributed by atoms with Crippen LogP contribution >= 0.6 is 0 Å². The van der Waals surface area contributed by atoms with Crippen molar-refractivity contribution in [1.82, 2.24) is 4.90 Å². The van der Waals surface area contributed by atoms with Crippen LogP contribution in [0.25, 0.3) is 0 Å². The van der Waals surface area contributed by atoms with E-state index in [1.165, 1.54) is 77.0 Å². The van der Waals surface area contributed by atoms with E-state index in [1.807, 2.05) is 0 Å². The molecule has 2 nitrogen and oxygen atoms in total. The van der Waals surface area contributed by atoms with Crippen molar-refractivity contribution in [2.45, 2.75) is 104 Å². The molecule has 1 heterocycles. The van der Waals surface area contributed by atoms with Gasteiger partial charge in [-0.15, -0.1) is 0 Å². The molecule has 1 atom stereocenters. The number of carbonyl (C=O) groups is 1. The second-order valence-corrected chi connectivity index (χ2v) is 7.14. The van der Waals surface area contributed by atoms with Crippen LogP contribution in [0.4, 0.5) is 0 Å². The fourth-order valence-electron chi connectivity index (χ4n) is 3.55. The zero-order valence-corrected chi connectivity index (χ0v) is 15.2. The molecule has 0 aromatic carbocycles. The minimum absolute atomic E-state index is 0.353. The summed E-state index contributed by atoms with van der Waals surface area (Å²) in [5, 5.41) is 0. The van der Waals surface area contributed by atoms with Gasteiger partial charge in [0.25, 0.3) is 0 Å². The van der Waals surface area contributed by atoms with Crippen LogP contribution in [-0.4, -0.2) is 23.9 Å². The summed E-state index contributed by atoms with van der Waals surface area (Å²) < 4.78 is 0. The summed E-state index contributed by atoms with van der Waals surface area (Å²) in [6.45, 7) is 6.55. The van der Waals surface area contributed by atoms with E-state index < -0.39 is 0 Å². The van der Waals surface area contributed by atoms with Crippen LogP contribution in [0.2, 0.25) is 0 Å². The maximum absolute atomic E-state index is 12.4. The van der Waals surface area contributed by atoms with Crippen LogP contribution in [0, 0.1) is 5.92 Å². The first-order chi connectivity index (χ1) is 10.8. The molecule has 1 amide bonds. The number of rotatable bonds is 14. The first-order valence-electron chi connectivity index (χ1n) is 10.1. The van der Waals surface area contributed by atoms with Crippen molar-refractivity contribution in [3.63, 3.8) is 0 Å². The first-order valence-corrected chi connectivity index (χ1v) is 10.1. The second kappa shape index (κ2) is 13.0. The molecule has 22 heavy (non-hydrogen) atoms. The van der Waals surface area contributed by atoms with E-state index in [9.17, 15) is 4.79 Å². The summed E-state index contributed by atoms with van der Waals surface area (Å²) in [6.07, 6.45) is 18.1. The number of likely N-dealkylation sites (tertiary alicyclic amines) is 1. The Kier molecular flexibility index (Phi) is 11.5. The number of hydrogen-bond acceptors (Lipinski definition) is 1. The average Bonchev–Trinajstić information content (AvgIpc) is 2.87. The van der Waals surface area contributed by atoms with Gasteiger partial charge < -0.3 is 4.90 Å². The van der Waals surface area contributed by atoms with E-state index in [0.717, 1.165) is 25.9 Å². The Hall–Kier alpha value is -0.530. The van der Waals surface area contributed by atoms with Crippen molar-refractivity contribution in [2.24, 2.45) is 5.92 Å². The van der Waals surface area contributed by atoms with Crippen molar-refractivity contribution < 1.29 is 4.79 Å². The zero-order valence-electron chi connectivity index (χ0n) is 15.2. The number of unbranched alkanes of at least 4 members (excludes halogenated alkanes) is 10. The predicted octanol–water partition coefficient (Wildman–Crippen LogP) is 5.95. The van der Waals surface area contributed by atoms with Gasteiger partial charge in [-0.25, -0.2) is 0 Å². The summed E-state index contributed by atoms with van der Waals surface area (Å²) >= 11 is 0. The van der Waals surface area contributed by atoms with E-state index in [2.05, 4.69) is 18.7 Å². The Bertz CT molecular complexity index is 251. The Labute approximate surface area is 139 Å². The molecule has 0 aromatic heterocycles. The topological polar surface area (TPSA) is 20.3 Å². The standard InChI is InChI=1S/C20H39NO/c1-3-5-7-9-11-13-15-19-16-18-21(20(19)22)17-14-12-10-8-6-4-2/h19H,3-18H2,1-2H3. The van der Waals surface area contributed by atoms with Crippen LogP contribution in [-0.2, 0) is 4.79 Å². The third-order valence-corrected chi connectivity index (χ3v) is 5.10. The summed E-state index contributed by atoms with van der Waals surface area (Å²) in [6, 6.07) is 0. The lowest BCUT2D eigenvalue weighted by Crippen LogP contribution is -2.28. The first kappa shape index (κ1) is 19.5. The van der Waals surface area contributed by atoms with E-state index in [4.69, 9.17) is 0 Å². The van der Waals surface area contributed by atoms with Gasteiger partial charge in [0.1, 0.15) is 0 Å². The van der Waals surface area contributed by atoms with Crippen LogP contribution in [0.1, 0.15) is 104 Å². The van der Waals surface area contributed by atoms with Gasteiger partial charge in [0.2, 0.25) is 5.91 Å². The van der Waals surface area contributed by atoms with Crippen molar-refractivity contribution in [3.05, 3.63) is 0 Å². The normalized spacial score (nSPS) is 18.4. The number of carbonyl (C=O) groups excluding carboxylic acids is 1. The lowest BCUT2D eigenvalue weighted by atomic mass is 9.99. The molecular formula is C20H39NO. The highest BCUT2D eigenvalue weighted by molar-refractivity contribution is 5.80. The van der Waals surface area contributed by atoms with Gasteiger partial charge in [-0.05, 0) is 19.3 Å². The Balaban J connectivity index is 2.02. The minimum atomic E-state index is 0.353. The highest BCUT2D eigenvalue weighted by atomic mass is 16.2. The van der Waals surface area contributed by atoms with E-state index >= 15 is 0 Å². The Morgan fingerprint density at radius 1 is 0.818 bits per heavy atom. The average molecular weight is 310 g/mol. The van der Waals surface area contributed by atoms with Crippen molar-refractivity contribution >= 4 is 5.91 Å². The van der Waals surface area contributed by atoms with Crippen molar-refractivity contribution in [1.29, 1.82) is 0 Å². The predicted molar refractivity (Wildman–Crippen MR) is 96.1 cm³/mol. The highest BCUT2D eigenvalue weighted by Crippen LogP contribution is 2.24. The summed E-state index contributed by atoms with van der Waals surface area (Å²) in [4.78, 5) is 14.5. The van der Waals surface area contributed by atoms with Gasteiger partial charge >= 0.3 is 0 Å². The molecular weight excluding hydrogens is 270 g/mol. The SMILES string of the molecule is CCCCCCCCC1CCN(CCCCCCCC)C1=O. The molecule has 0 bridgehead atoms. The molecule has 0 saturated carbocycles. The highest BCUT2D eigenvalue weighted by Gasteiger charge is 2.30. The number of nitrogens with zero attached hydrogens (tertiary/aromatic N) is 1. The second-order valence-electron chi connectivity index (χ2n) is 7.14. The van der Waals surface area contributed by atoms with Crippen LogP contribution in [0.3, 0.4) is 0 Å². The van der Waals surface area contributed by atoms with Gasteiger partial charge in [-0.1, -0.05) is 84.5 Å². The molecule has 1 fully saturated rings. The molecule has 1 saturated heterocycles. The molecule has 0 spiro atoms. The third-order valence-electron chi connectivity index (χ3n) is 5.10. The van der Waals surface area contributed by atoms with Gasteiger partial charge in [-0.3, -0.25) is 4.79 Å². The van der Waals surface area contributed by atoms with Crippen LogP contribution in [0.15, 0.2) is 0 Å². The largest absolute Gasteiger partial charge is 0.342 e. The molecule has 0 aromatic rings. The zero-order chi connectivity index (χ0) is 16.0. The molecule has 130 valence electrons. The van der Waals surface area contributed by atoms with Crippen LogP contribution < -0.4 is 0 Å². The molecule has 0 radical (unpaired) electrons. The number of hydrogen-bond donors (Lipinski definition) is 0. The van der Waals surface area contributed by atoms with Gasteiger partial charge in [0.15, 0.2) is 0 Å². The molecule has 1 aliphatic heterocycles. The third kappa shape index (κ3) is 8.19. The number of amides is 1. The summed E-state index contributed by atoms with van der Waals surface area (Å²) in [5.74, 6) is 0.813. The van der Waals surface area contributed by atoms with E-state index in [1.54, 1.807) is 0 Å². The molecule has 1 unspecified atom stereocenters. The molecule has 1 aliphatic rings.